The van der Waals surface area contributed by atoms with E-state index in [9.17, 15) is 0 Å². The molecule has 0 aliphatic rings. The molecule has 0 spiro atoms. The molecule has 0 fully saturated rings. The zero-order valence-corrected chi connectivity index (χ0v) is 13.9. The van der Waals surface area contributed by atoms with Crippen molar-refractivity contribution in [1.82, 2.24) is 10.3 Å². The van der Waals surface area contributed by atoms with Gasteiger partial charge in [0, 0.05) is 33.2 Å². The van der Waals surface area contributed by atoms with Gasteiger partial charge in [0.1, 0.15) is 0 Å². The van der Waals surface area contributed by atoms with E-state index in [-0.39, 0.29) is 0 Å². The second kappa shape index (κ2) is 6.64. The van der Waals surface area contributed by atoms with E-state index in [1.807, 2.05) is 6.92 Å². The van der Waals surface area contributed by atoms with Gasteiger partial charge in [0.15, 0.2) is 0 Å². The number of hydrogen-bond donors (Lipinski definition) is 1. The second-order valence-corrected chi connectivity index (χ2v) is 6.49. The molecule has 0 radical (unpaired) electrons. The summed E-state index contributed by atoms with van der Waals surface area (Å²) in [5, 5.41) is 5.70. The molecule has 0 saturated heterocycles. The van der Waals surface area contributed by atoms with Crippen LogP contribution in [0.4, 0.5) is 0 Å². The predicted octanol–water partition coefficient (Wildman–Crippen LogP) is 4.42. The quantitative estimate of drug-likeness (QED) is 0.872. The van der Waals surface area contributed by atoms with Crippen LogP contribution in [0.1, 0.15) is 34.8 Å². The molecule has 102 valence electrons. The van der Waals surface area contributed by atoms with Crippen molar-refractivity contribution < 1.29 is 0 Å². The minimum Gasteiger partial charge on any atom is -0.310 e. The summed E-state index contributed by atoms with van der Waals surface area (Å²) in [6.45, 7) is 7.24. The number of aryl methyl sites for hydroxylation is 2. The van der Waals surface area contributed by atoms with Crippen molar-refractivity contribution in [3.63, 3.8) is 0 Å². The SMILES string of the molecule is CCNC(Cc1sccc1Br)c1ccc(C)nc1C. The maximum Gasteiger partial charge on any atom is 0.0423 e. The van der Waals surface area contributed by atoms with E-state index in [0.29, 0.717) is 6.04 Å². The molecule has 2 nitrogen and oxygen atoms in total. The topological polar surface area (TPSA) is 24.9 Å². The number of aromatic nitrogens is 1. The van der Waals surface area contributed by atoms with E-state index in [1.54, 1.807) is 11.3 Å². The van der Waals surface area contributed by atoms with E-state index in [4.69, 9.17) is 0 Å². The van der Waals surface area contributed by atoms with Crippen LogP contribution in [0.2, 0.25) is 0 Å². The third kappa shape index (κ3) is 3.65. The number of thiophene rings is 1. The Labute approximate surface area is 127 Å². The average molecular weight is 339 g/mol. The first-order valence-corrected chi connectivity index (χ1v) is 8.18. The van der Waals surface area contributed by atoms with Crippen LogP contribution in [0.15, 0.2) is 28.1 Å². The van der Waals surface area contributed by atoms with Crippen LogP contribution < -0.4 is 5.32 Å². The molecule has 1 atom stereocenters. The predicted molar refractivity (Wildman–Crippen MR) is 85.9 cm³/mol. The van der Waals surface area contributed by atoms with Crippen LogP contribution in [0.25, 0.3) is 0 Å². The largest absolute Gasteiger partial charge is 0.310 e. The van der Waals surface area contributed by atoms with Gasteiger partial charge >= 0.3 is 0 Å². The molecule has 2 aromatic heterocycles. The first-order chi connectivity index (χ1) is 9.11. The first kappa shape index (κ1) is 14.7. The zero-order chi connectivity index (χ0) is 13.8. The number of nitrogens with zero attached hydrogens (tertiary/aromatic N) is 1. The van der Waals surface area contributed by atoms with E-state index < -0.39 is 0 Å². The van der Waals surface area contributed by atoms with Gasteiger partial charge in [-0.05, 0) is 59.4 Å². The molecule has 1 N–H and O–H groups in total. The Kier molecular flexibility index (Phi) is 5.13. The van der Waals surface area contributed by atoms with Crippen LogP contribution in [-0.4, -0.2) is 11.5 Å². The lowest BCUT2D eigenvalue weighted by atomic mass is 10.0. The summed E-state index contributed by atoms with van der Waals surface area (Å²) in [5.41, 5.74) is 3.50. The Hall–Kier alpha value is -0.710. The summed E-state index contributed by atoms with van der Waals surface area (Å²) in [6, 6.07) is 6.74. The van der Waals surface area contributed by atoms with Gasteiger partial charge in [0.2, 0.25) is 0 Å². The molecule has 4 heteroatoms. The highest BCUT2D eigenvalue weighted by Gasteiger charge is 2.16. The molecule has 2 heterocycles. The summed E-state index contributed by atoms with van der Waals surface area (Å²) in [7, 11) is 0. The fourth-order valence-corrected chi connectivity index (χ4v) is 3.82. The highest BCUT2D eigenvalue weighted by Crippen LogP contribution is 2.29. The Morgan fingerprint density at radius 1 is 1.32 bits per heavy atom. The molecule has 0 aromatic carbocycles. The standard InChI is InChI=1S/C15H19BrN2S/c1-4-17-14(9-15-13(16)7-8-19-15)12-6-5-10(2)18-11(12)3/h5-8,14,17H,4,9H2,1-3H3. The Morgan fingerprint density at radius 3 is 2.68 bits per heavy atom. The van der Waals surface area contributed by atoms with Crippen molar-refractivity contribution in [3.05, 3.63) is 49.9 Å². The molecule has 0 saturated carbocycles. The van der Waals surface area contributed by atoms with Crippen LogP contribution in [0.5, 0.6) is 0 Å². The van der Waals surface area contributed by atoms with Gasteiger partial charge < -0.3 is 5.32 Å². The number of hydrogen-bond acceptors (Lipinski definition) is 3. The van der Waals surface area contributed by atoms with E-state index in [1.165, 1.54) is 14.9 Å². The highest BCUT2D eigenvalue weighted by molar-refractivity contribution is 9.10. The maximum absolute atomic E-state index is 4.58. The average Bonchev–Trinajstić information content (AvgIpc) is 2.75. The molecular formula is C15H19BrN2S. The molecule has 19 heavy (non-hydrogen) atoms. The lowest BCUT2D eigenvalue weighted by molar-refractivity contribution is 0.547. The molecule has 0 aliphatic carbocycles. The Bertz CT molecular complexity index is 551. The summed E-state index contributed by atoms with van der Waals surface area (Å²) in [4.78, 5) is 5.96. The van der Waals surface area contributed by atoms with E-state index in [2.05, 4.69) is 63.7 Å². The van der Waals surface area contributed by atoms with Crippen LogP contribution >= 0.6 is 27.3 Å². The first-order valence-electron chi connectivity index (χ1n) is 6.51. The normalized spacial score (nSPS) is 12.6. The van der Waals surface area contributed by atoms with Gasteiger partial charge in [-0.15, -0.1) is 11.3 Å². The number of likely N-dealkylation sites (N-methyl/N-ethyl adjacent to an activating group) is 1. The van der Waals surface area contributed by atoms with E-state index in [0.717, 1.165) is 24.4 Å². The Balaban J connectivity index is 2.27. The van der Waals surface area contributed by atoms with Gasteiger partial charge in [-0.3, -0.25) is 4.98 Å². The molecular weight excluding hydrogens is 320 g/mol. The number of pyridine rings is 1. The molecule has 0 amide bonds. The highest BCUT2D eigenvalue weighted by atomic mass is 79.9. The molecule has 0 aliphatic heterocycles. The Morgan fingerprint density at radius 2 is 2.11 bits per heavy atom. The lowest BCUT2D eigenvalue weighted by Crippen LogP contribution is -2.24. The van der Waals surface area contributed by atoms with E-state index >= 15 is 0 Å². The third-order valence-corrected chi connectivity index (χ3v) is 5.12. The molecule has 2 aromatic rings. The monoisotopic (exact) mass is 338 g/mol. The number of rotatable bonds is 5. The summed E-state index contributed by atoms with van der Waals surface area (Å²) < 4.78 is 1.21. The zero-order valence-electron chi connectivity index (χ0n) is 11.5. The van der Waals surface area contributed by atoms with Gasteiger partial charge in [-0.2, -0.15) is 0 Å². The summed E-state index contributed by atoms with van der Waals surface area (Å²) in [6.07, 6.45) is 0.998. The van der Waals surface area contributed by atoms with Crippen molar-refractivity contribution in [2.24, 2.45) is 0 Å². The van der Waals surface area contributed by atoms with Crippen molar-refractivity contribution >= 4 is 27.3 Å². The van der Waals surface area contributed by atoms with Crippen LogP contribution in [-0.2, 0) is 6.42 Å². The van der Waals surface area contributed by atoms with Crippen LogP contribution in [0, 0.1) is 13.8 Å². The van der Waals surface area contributed by atoms with Crippen molar-refractivity contribution in [2.45, 2.75) is 33.2 Å². The van der Waals surface area contributed by atoms with Gasteiger partial charge in [-0.25, -0.2) is 0 Å². The molecule has 0 bridgehead atoms. The number of nitrogens with one attached hydrogen (secondary N) is 1. The third-order valence-electron chi connectivity index (χ3n) is 3.17. The van der Waals surface area contributed by atoms with Crippen LogP contribution in [0.3, 0.4) is 0 Å². The number of halogens is 1. The minimum atomic E-state index is 0.327. The molecule has 1 unspecified atom stereocenters. The van der Waals surface area contributed by atoms with Gasteiger partial charge in [0.25, 0.3) is 0 Å². The minimum absolute atomic E-state index is 0.327. The maximum atomic E-state index is 4.58. The fourth-order valence-electron chi connectivity index (χ4n) is 2.26. The fraction of sp³-hybridized carbons (Fsp3) is 0.400. The second-order valence-electron chi connectivity index (χ2n) is 4.63. The molecule has 2 rings (SSSR count). The van der Waals surface area contributed by atoms with Gasteiger partial charge in [-0.1, -0.05) is 13.0 Å². The van der Waals surface area contributed by atoms with Gasteiger partial charge in [0.05, 0.1) is 0 Å². The summed E-state index contributed by atoms with van der Waals surface area (Å²) in [5.74, 6) is 0. The van der Waals surface area contributed by atoms with Crippen molar-refractivity contribution in [3.8, 4) is 0 Å². The lowest BCUT2D eigenvalue weighted by Gasteiger charge is -2.20. The van der Waals surface area contributed by atoms with Crippen molar-refractivity contribution in [2.75, 3.05) is 6.54 Å². The van der Waals surface area contributed by atoms with Crippen molar-refractivity contribution in [1.29, 1.82) is 0 Å². The smallest absolute Gasteiger partial charge is 0.0423 e. The summed E-state index contributed by atoms with van der Waals surface area (Å²) >= 11 is 5.42.